The molecule has 1 aliphatic rings. The molecule has 0 spiro atoms. The first-order valence-corrected chi connectivity index (χ1v) is 6.58. The number of rotatable bonds is 4. The number of hydrogen-bond donors (Lipinski definition) is 1. The molecule has 0 radical (unpaired) electrons. The summed E-state index contributed by atoms with van der Waals surface area (Å²) in [7, 11) is 0. The first-order valence-electron chi connectivity index (χ1n) is 6.58. The maximum absolute atomic E-state index is 8.96. The molecule has 2 rings (SSSR count). The quantitative estimate of drug-likeness (QED) is 0.863. The fourth-order valence-electron chi connectivity index (χ4n) is 2.89. The fourth-order valence-corrected chi connectivity index (χ4v) is 2.89. The summed E-state index contributed by atoms with van der Waals surface area (Å²) in [5.41, 5.74) is 4.13. The summed E-state index contributed by atoms with van der Waals surface area (Å²) in [4.78, 5) is 2.51. The molecule has 0 aliphatic carbocycles. The van der Waals surface area contributed by atoms with Gasteiger partial charge >= 0.3 is 0 Å². The standard InChI is InChI=1S/C15H23NO/c1-12-7-13(2)9-15(8-12)11-16-5-3-14(10-16)4-6-17/h7-9,14,17H,3-6,10-11H2,1-2H3. The molecule has 1 N–H and O–H groups in total. The lowest BCUT2D eigenvalue weighted by atomic mass is 10.1. The SMILES string of the molecule is Cc1cc(C)cc(CN2CCC(CCO)C2)c1. The van der Waals surface area contributed by atoms with Gasteiger partial charge in [0.25, 0.3) is 0 Å². The van der Waals surface area contributed by atoms with Gasteiger partial charge in [0, 0.05) is 19.7 Å². The minimum Gasteiger partial charge on any atom is -0.396 e. The van der Waals surface area contributed by atoms with Gasteiger partial charge in [0.05, 0.1) is 0 Å². The van der Waals surface area contributed by atoms with E-state index in [9.17, 15) is 0 Å². The van der Waals surface area contributed by atoms with E-state index in [1.807, 2.05) is 0 Å². The lowest BCUT2D eigenvalue weighted by molar-refractivity contribution is 0.249. The molecule has 1 heterocycles. The van der Waals surface area contributed by atoms with E-state index in [1.54, 1.807) is 0 Å². The van der Waals surface area contributed by atoms with Crippen LogP contribution < -0.4 is 0 Å². The Bertz CT molecular complexity index is 355. The van der Waals surface area contributed by atoms with Crippen LogP contribution in [0.3, 0.4) is 0 Å². The van der Waals surface area contributed by atoms with Crippen molar-refractivity contribution < 1.29 is 5.11 Å². The van der Waals surface area contributed by atoms with Crippen molar-refractivity contribution in [2.24, 2.45) is 5.92 Å². The van der Waals surface area contributed by atoms with Crippen LogP contribution in [0.15, 0.2) is 18.2 Å². The average Bonchev–Trinajstić information content (AvgIpc) is 2.64. The van der Waals surface area contributed by atoms with Crippen molar-refractivity contribution in [3.8, 4) is 0 Å². The molecule has 1 fully saturated rings. The molecule has 1 aromatic carbocycles. The molecule has 1 aliphatic heterocycles. The lowest BCUT2D eigenvalue weighted by Gasteiger charge is -2.16. The Morgan fingerprint density at radius 3 is 2.59 bits per heavy atom. The van der Waals surface area contributed by atoms with Gasteiger partial charge in [0.1, 0.15) is 0 Å². The highest BCUT2D eigenvalue weighted by molar-refractivity contribution is 5.28. The largest absolute Gasteiger partial charge is 0.396 e. The van der Waals surface area contributed by atoms with Crippen LogP contribution in [0, 0.1) is 19.8 Å². The topological polar surface area (TPSA) is 23.5 Å². The predicted molar refractivity (Wildman–Crippen MR) is 71.0 cm³/mol. The van der Waals surface area contributed by atoms with Crippen LogP contribution in [0.25, 0.3) is 0 Å². The summed E-state index contributed by atoms with van der Waals surface area (Å²) in [5.74, 6) is 0.700. The van der Waals surface area contributed by atoms with Gasteiger partial charge in [0.15, 0.2) is 0 Å². The van der Waals surface area contributed by atoms with E-state index < -0.39 is 0 Å². The predicted octanol–water partition coefficient (Wildman–Crippen LogP) is 2.51. The van der Waals surface area contributed by atoms with E-state index in [-0.39, 0.29) is 0 Å². The van der Waals surface area contributed by atoms with Gasteiger partial charge in [-0.15, -0.1) is 0 Å². The van der Waals surface area contributed by atoms with Crippen LogP contribution in [0.4, 0.5) is 0 Å². The van der Waals surface area contributed by atoms with E-state index in [2.05, 4.69) is 36.9 Å². The van der Waals surface area contributed by atoms with Crippen LogP contribution in [0.1, 0.15) is 29.5 Å². The van der Waals surface area contributed by atoms with Crippen LogP contribution in [0.5, 0.6) is 0 Å². The molecule has 2 nitrogen and oxygen atoms in total. The third-order valence-corrected chi connectivity index (χ3v) is 3.59. The second-order valence-electron chi connectivity index (χ2n) is 5.40. The Balaban J connectivity index is 1.93. The van der Waals surface area contributed by atoms with Crippen molar-refractivity contribution in [3.05, 3.63) is 34.9 Å². The van der Waals surface area contributed by atoms with Gasteiger partial charge in [-0.1, -0.05) is 29.3 Å². The van der Waals surface area contributed by atoms with Crippen LogP contribution in [-0.2, 0) is 6.54 Å². The van der Waals surface area contributed by atoms with E-state index in [0.29, 0.717) is 12.5 Å². The molecular formula is C15H23NO. The zero-order valence-electron chi connectivity index (χ0n) is 10.9. The van der Waals surface area contributed by atoms with Crippen LogP contribution >= 0.6 is 0 Å². The van der Waals surface area contributed by atoms with Crippen molar-refractivity contribution in [2.45, 2.75) is 33.2 Å². The van der Waals surface area contributed by atoms with E-state index in [4.69, 9.17) is 5.11 Å². The Hall–Kier alpha value is -0.860. The van der Waals surface area contributed by atoms with Gasteiger partial charge in [-0.25, -0.2) is 0 Å². The van der Waals surface area contributed by atoms with Gasteiger partial charge in [-0.2, -0.15) is 0 Å². The third kappa shape index (κ3) is 3.55. The number of likely N-dealkylation sites (tertiary alicyclic amines) is 1. The van der Waals surface area contributed by atoms with Crippen molar-refractivity contribution in [3.63, 3.8) is 0 Å². The number of aliphatic hydroxyl groups is 1. The molecular weight excluding hydrogens is 210 g/mol. The number of aryl methyl sites for hydroxylation is 2. The minimum atomic E-state index is 0.335. The molecule has 0 aromatic heterocycles. The molecule has 17 heavy (non-hydrogen) atoms. The highest BCUT2D eigenvalue weighted by Gasteiger charge is 2.21. The molecule has 0 saturated carbocycles. The maximum Gasteiger partial charge on any atom is 0.0434 e. The first kappa shape index (κ1) is 12.6. The number of benzene rings is 1. The summed E-state index contributed by atoms with van der Waals surface area (Å²) in [5, 5.41) is 8.96. The van der Waals surface area contributed by atoms with Crippen molar-refractivity contribution in [1.29, 1.82) is 0 Å². The minimum absolute atomic E-state index is 0.335. The van der Waals surface area contributed by atoms with E-state index in [1.165, 1.54) is 29.7 Å². The first-order chi connectivity index (χ1) is 8.17. The highest BCUT2D eigenvalue weighted by atomic mass is 16.3. The molecule has 1 saturated heterocycles. The van der Waals surface area contributed by atoms with Crippen molar-refractivity contribution in [1.82, 2.24) is 4.90 Å². The monoisotopic (exact) mass is 233 g/mol. The van der Waals surface area contributed by atoms with Crippen LogP contribution in [-0.4, -0.2) is 29.7 Å². The second kappa shape index (κ2) is 5.65. The zero-order valence-corrected chi connectivity index (χ0v) is 10.9. The summed E-state index contributed by atoms with van der Waals surface area (Å²) in [6, 6.07) is 6.79. The summed E-state index contributed by atoms with van der Waals surface area (Å²) < 4.78 is 0. The van der Waals surface area contributed by atoms with Crippen LogP contribution in [0.2, 0.25) is 0 Å². The number of nitrogens with zero attached hydrogens (tertiary/aromatic N) is 1. The van der Waals surface area contributed by atoms with Crippen molar-refractivity contribution >= 4 is 0 Å². The lowest BCUT2D eigenvalue weighted by Crippen LogP contribution is -2.20. The maximum atomic E-state index is 8.96. The van der Waals surface area contributed by atoms with Gasteiger partial charge in [-0.05, 0) is 44.7 Å². The molecule has 1 unspecified atom stereocenters. The highest BCUT2D eigenvalue weighted by Crippen LogP contribution is 2.21. The average molecular weight is 233 g/mol. The fraction of sp³-hybridized carbons (Fsp3) is 0.600. The molecule has 1 atom stereocenters. The summed E-state index contributed by atoms with van der Waals surface area (Å²) in [6.45, 7) is 8.04. The molecule has 0 amide bonds. The Kier molecular flexibility index (Phi) is 4.19. The molecule has 94 valence electrons. The zero-order chi connectivity index (χ0) is 12.3. The number of aliphatic hydroxyl groups excluding tert-OH is 1. The second-order valence-corrected chi connectivity index (χ2v) is 5.40. The normalized spacial score (nSPS) is 21.0. The molecule has 2 heteroatoms. The summed E-state index contributed by atoms with van der Waals surface area (Å²) in [6.07, 6.45) is 2.20. The Labute approximate surface area is 104 Å². The number of hydrogen-bond acceptors (Lipinski definition) is 2. The van der Waals surface area contributed by atoms with Crippen molar-refractivity contribution in [2.75, 3.05) is 19.7 Å². The van der Waals surface area contributed by atoms with Gasteiger partial charge < -0.3 is 5.11 Å². The van der Waals surface area contributed by atoms with E-state index >= 15 is 0 Å². The van der Waals surface area contributed by atoms with E-state index in [0.717, 1.165) is 19.5 Å². The summed E-state index contributed by atoms with van der Waals surface area (Å²) >= 11 is 0. The molecule has 0 bridgehead atoms. The smallest absolute Gasteiger partial charge is 0.0434 e. The Morgan fingerprint density at radius 2 is 1.94 bits per heavy atom. The third-order valence-electron chi connectivity index (χ3n) is 3.59. The van der Waals surface area contributed by atoms with Gasteiger partial charge in [0.2, 0.25) is 0 Å². The molecule has 1 aromatic rings. The Morgan fingerprint density at radius 1 is 1.24 bits per heavy atom. The van der Waals surface area contributed by atoms with Gasteiger partial charge in [-0.3, -0.25) is 4.90 Å².